The largest absolute Gasteiger partial charge is 0.330 e. The summed E-state index contributed by atoms with van der Waals surface area (Å²) in [6.07, 6.45) is 1.72. The van der Waals surface area contributed by atoms with E-state index in [0.29, 0.717) is 16.6 Å². The Morgan fingerprint density at radius 3 is 2.53 bits per heavy atom. The van der Waals surface area contributed by atoms with E-state index in [-0.39, 0.29) is 18.4 Å². The Balaban J connectivity index is 0.00000196. The van der Waals surface area contributed by atoms with Crippen molar-refractivity contribution in [3.8, 4) is 0 Å². The van der Waals surface area contributed by atoms with Crippen LogP contribution in [0.5, 0.6) is 0 Å². The Kier molecular flexibility index (Phi) is 7.32. The Morgan fingerprint density at radius 2 is 1.93 bits per heavy atom. The molecule has 1 aromatic rings. The summed E-state index contributed by atoms with van der Waals surface area (Å²) in [5.41, 5.74) is 12.3. The quantitative estimate of drug-likeness (QED) is 0.882. The molecule has 0 saturated heterocycles. The first-order valence-corrected chi connectivity index (χ1v) is 5.32. The lowest BCUT2D eigenvalue weighted by molar-refractivity contribution is 0.618. The summed E-state index contributed by atoms with van der Waals surface area (Å²) < 4.78 is 0. The van der Waals surface area contributed by atoms with Gasteiger partial charge in [0.1, 0.15) is 0 Å². The molecule has 2 nitrogen and oxygen atoms in total. The zero-order valence-corrected chi connectivity index (χ0v) is 10.6. The molecule has 0 aliphatic heterocycles. The van der Waals surface area contributed by atoms with Crippen molar-refractivity contribution in [1.29, 1.82) is 0 Å². The fourth-order valence-corrected chi connectivity index (χ4v) is 1.75. The van der Waals surface area contributed by atoms with Crippen LogP contribution in [0.15, 0.2) is 18.2 Å². The van der Waals surface area contributed by atoms with Crippen LogP contribution >= 0.6 is 35.6 Å². The van der Waals surface area contributed by atoms with Gasteiger partial charge >= 0.3 is 0 Å². The number of nitrogens with two attached hydrogens (primary N) is 2. The lowest BCUT2D eigenvalue weighted by Crippen LogP contribution is -2.13. The second-order valence-electron chi connectivity index (χ2n) is 3.18. The summed E-state index contributed by atoms with van der Waals surface area (Å²) in [7, 11) is 0. The average Bonchev–Trinajstić information content (AvgIpc) is 2.18. The maximum Gasteiger partial charge on any atom is 0.0639 e. The normalized spacial score (nSPS) is 12.0. The second-order valence-corrected chi connectivity index (χ2v) is 3.97. The predicted molar refractivity (Wildman–Crippen MR) is 68.9 cm³/mol. The van der Waals surface area contributed by atoms with Crippen LogP contribution in [0, 0.1) is 0 Å². The highest BCUT2D eigenvalue weighted by molar-refractivity contribution is 6.42. The van der Waals surface area contributed by atoms with Gasteiger partial charge in [0.05, 0.1) is 10.0 Å². The van der Waals surface area contributed by atoms with Crippen LogP contribution in [0.1, 0.15) is 24.4 Å². The van der Waals surface area contributed by atoms with Gasteiger partial charge in [0.25, 0.3) is 0 Å². The molecular weight excluding hydrogens is 254 g/mol. The van der Waals surface area contributed by atoms with Gasteiger partial charge in [-0.1, -0.05) is 35.3 Å². The smallest absolute Gasteiger partial charge is 0.0639 e. The van der Waals surface area contributed by atoms with Gasteiger partial charge in [-0.05, 0) is 31.0 Å². The number of hydrogen-bond donors (Lipinski definition) is 2. The van der Waals surface area contributed by atoms with Crippen LogP contribution in [0.25, 0.3) is 0 Å². The minimum absolute atomic E-state index is 0. The van der Waals surface area contributed by atoms with Crippen LogP contribution < -0.4 is 11.5 Å². The predicted octanol–water partition coefficient (Wildman–Crippen LogP) is 3.15. The monoisotopic (exact) mass is 268 g/mol. The molecule has 86 valence electrons. The van der Waals surface area contributed by atoms with Gasteiger partial charge in [0, 0.05) is 6.04 Å². The third-order valence-corrected chi connectivity index (χ3v) is 2.93. The highest BCUT2D eigenvalue weighted by atomic mass is 35.5. The van der Waals surface area contributed by atoms with E-state index in [4.69, 9.17) is 34.7 Å². The van der Waals surface area contributed by atoms with Gasteiger partial charge in [-0.2, -0.15) is 0 Å². The van der Waals surface area contributed by atoms with Crippen LogP contribution in [0.3, 0.4) is 0 Å². The minimum Gasteiger partial charge on any atom is -0.330 e. The van der Waals surface area contributed by atoms with Crippen LogP contribution in [0.4, 0.5) is 0 Å². The number of rotatable bonds is 4. The first kappa shape index (κ1) is 15.0. The molecule has 0 aliphatic carbocycles. The Morgan fingerprint density at radius 1 is 1.27 bits per heavy atom. The molecule has 15 heavy (non-hydrogen) atoms. The molecule has 0 aromatic heterocycles. The van der Waals surface area contributed by atoms with E-state index in [1.54, 1.807) is 6.07 Å². The Labute approximate surface area is 106 Å². The maximum atomic E-state index is 6.02. The highest BCUT2D eigenvalue weighted by Gasteiger charge is 2.11. The van der Waals surface area contributed by atoms with Gasteiger partial charge in [-0.25, -0.2) is 0 Å². The van der Waals surface area contributed by atoms with E-state index >= 15 is 0 Å². The third kappa shape index (κ3) is 4.17. The lowest BCUT2D eigenvalue weighted by atomic mass is 10.0. The van der Waals surface area contributed by atoms with Crippen molar-refractivity contribution in [3.63, 3.8) is 0 Å². The van der Waals surface area contributed by atoms with E-state index < -0.39 is 0 Å². The molecule has 1 atom stereocenters. The molecule has 0 heterocycles. The summed E-state index contributed by atoms with van der Waals surface area (Å²) in [5.74, 6) is 0. The van der Waals surface area contributed by atoms with Crippen molar-refractivity contribution in [2.45, 2.75) is 18.9 Å². The SMILES string of the molecule is Cl.NCCC[C@@H](N)c1cccc(Cl)c1Cl. The molecule has 0 bridgehead atoms. The van der Waals surface area contributed by atoms with E-state index in [0.717, 1.165) is 18.4 Å². The summed E-state index contributed by atoms with van der Waals surface area (Å²) in [4.78, 5) is 0. The van der Waals surface area contributed by atoms with Crippen molar-refractivity contribution in [2.24, 2.45) is 11.5 Å². The van der Waals surface area contributed by atoms with Crippen LogP contribution in [-0.2, 0) is 0 Å². The number of benzene rings is 1. The first-order chi connectivity index (χ1) is 6.66. The molecule has 4 N–H and O–H groups in total. The number of halogens is 3. The fraction of sp³-hybridized carbons (Fsp3) is 0.400. The fourth-order valence-electron chi connectivity index (χ4n) is 1.30. The summed E-state index contributed by atoms with van der Waals surface area (Å²) in [6.45, 7) is 0.645. The van der Waals surface area contributed by atoms with Crippen molar-refractivity contribution in [2.75, 3.05) is 6.54 Å². The first-order valence-electron chi connectivity index (χ1n) is 4.56. The third-order valence-electron chi connectivity index (χ3n) is 2.10. The molecule has 0 fully saturated rings. The summed E-state index contributed by atoms with van der Waals surface area (Å²) in [6, 6.07) is 5.43. The van der Waals surface area contributed by atoms with Gasteiger partial charge in [0.2, 0.25) is 0 Å². The number of hydrogen-bond acceptors (Lipinski definition) is 2. The highest BCUT2D eigenvalue weighted by Crippen LogP contribution is 2.30. The van der Waals surface area contributed by atoms with Crippen molar-refractivity contribution < 1.29 is 0 Å². The average molecular weight is 270 g/mol. The van der Waals surface area contributed by atoms with Crippen LogP contribution in [0.2, 0.25) is 10.0 Å². The second kappa shape index (κ2) is 7.31. The zero-order valence-electron chi connectivity index (χ0n) is 8.25. The van der Waals surface area contributed by atoms with Gasteiger partial charge in [0.15, 0.2) is 0 Å². The molecule has 0 radical (unpaired) electrons. The standard InChI is InChI=1S/C10H14Cl2N2.ClH/c11-8-4-1-3-7(10(8)12)9(14)5-2-6-13;/h1,3-4,9H,2,5-6,13-14H2;1H/t9-;/m1./s1. The minimum atomic E-state index is -0.0789. The lowest BCUT2D eigenvalue weighted by Gasteiger charge is -2.13. The molecular formula is C10H15Cl3N2. The molecule has 0 amide bonds. The Bertz CT molecular complexity index is 305. The van der Waals surface area contributed by atoms with E-state index in [1.165, 1.54) is 0 Å². The van der Waals surface area contributed by atoms with Crippen molar-refractivity contribution >= 4 is 35.6 Å². The maximum absolute atomic E-state index is 6.02. The molecule has 0 spiro atoms. The van der Waals surface area contributed by atoms with E-state index in [1.807, 2.05) is 12.1 Å². The van der Waals surface area contributed by atoms with Gasteiger partial charge < -0.3 is 11.5 Å². The summed E-state index contributed by atoms with van der Waals surface area (Å²) in [5, 5.41) is 1.10. The topological polar surface area (TPSA) is 52.0 Å². The molecule has 0 unspecified atom stereocenters. The molecule has 0 saturated carbocycles. The van der Waals surface area contributed by atoms with Gasteiger partial charge in [-0.3, -0.25) is 0 Å². The molecule has 0 aliphatic rings. The summed E-state index contributed by atoms with van der Waals surface area (Å²) >= 11 is 11.9. The van der Waals surface area contributed by atoms with E-state index in [9.17, 15) is 0 Å². The molecule has 1 aromatic carbocycles. The van der Waals surface area contributed by atoms with Crippen LogP contribution in [-0.4, -0.2) is 6.54 Å². The molecule has 1 rings (SSSR count). The van der Waals surface area contributed by atoms with Crippen molar-refractivity contribution in [3.05, 3.63) is 33.8 Å². The Hall–Kier alpha value is 0.01000. The van der Waals surface area contributed by atoms with Crippen molar-refractivity contribution in [1.82, 2.24) is 0 Å². The van der Waals surface area contributed by atoms with Gasteiger partial charge in [-0.15, -0.1) is 12.4 Å². The van der Waals surface area contributed by atoms with E-state index in [2.05, 4.69) is 0 Å². The zero-order chi connectivity index (χ0) is 10.6. The molecule has 5 heteroatoms.